The number of methoxy groups -OCH3 is 3. The first-order chi connectivity index (χ1) is 36.8. The lowest BCUT2D eigenvalue weighted by molar-refractivity contribution is -0.122. The third-order valence-electron chi connectivity index (χ3n) is 17.7. The molecule has 16 atom stereocenters. The Labute approximate surface area is 458 Å². The molecule has 3 aliphatic heterocycles. The van der Waals surface area contributed by atoms with E-state index < -0.39 is 43.0 Å². The number of phenols is 2. The van der Waals surface area contributed by atoms with Gasteiger partial charge in [-0.25, -0.2) is 0 Å². The predicted molar refractivity (Wildman–Crippen MR) is 294 cm³/mol. The Balaban J connectivity index is 1.06. The van der Waals surface area contributed by atoms with Crippen molar-refractivity contribution in [3.63, 3.8) is 0 Å². The summed E-state index contributed by atoms with van der Waals surface area (Å²) in [6.45, 7) is 3.80. The van der Waals surface area contributed by atoms with E-state index in [-0.39, 0.29) is 101 Å². The van der Waals surface area contributed by atoms with E-state index in [4.69, 9.17) is 23.7 Å². The van der Waals surface area contributed by atoms with Crippen LogP contribution < -0.4 is 24.8 Å². The average Bonchev–Trinajstić information content (AvgIpc) is 3.82. The van der Waals surface area contributed by atoms with Crippen LogP contribution >= 0.6 is 21.6 Å². The van der Waals surface area contributed by atoms with E-state index in [1.165, 1.54) is 35.8 Å². The van der Waals surface area contributed by atoms with Gasteiger partial charge in [0.15, 0.2) is 23.0 Å². The third kappa shape index (κ3) is 13.9. The van der Waals surface area contributed by atoms with Gasteiger partial charge in [0.2, 0.25) is 11.7 Å². The van der Waals surface area contributed by atoms with Crippen LogP contribution in [0.4, 0.5) is 0 Å². The third-order valence-corrected chi connectivity index (χ3v) is 20.6. The lowest BCUT2D eigenvalue weighted by Gasteiger charge is -2.53. The standard InChI is InChI=1S/C59H84N2O13S2/c1-35-10-13-40-14-17-48(64)56-43(58(69)61-47(56)9-6-22-70-2)8-5-7-36-18-20-59(40,30-35)46-27-42(16-12-39(46)32-60-31-36)74-52-26-38-11-15-41(73-34-63)28-49(65)45(23-37-24-53(71-3)57(68)54(25-37)72-4)51(67)33-75-76-55(19-21-62)44(38)29-50(52)66/h24-26,29,35-36,39-43,45-49,51,55-56,60,62-68H,6-7,9-17,19,21-23,27-28,30-34H2,1-4H3,(H,61,69)/t35-,36-,39-,40-,41+,42+,43+,45+,46+,47+,48+,49-,51+,55+,56+,59+/m1/s1. The van der Waals surface area contributed by atoms with Gasteiger partial charge in [-0.15, -0.1) is 5.92 Å². The van der Waals surface area contributed by atoms with Crippen molar-refractivity contribution in [1.29, 1.82) is 0 Å². The summed E-state index contributed by atoms with van der Waals surface area (Å²) >= 11 is 0. The highest BCUT2D eigenvalue weighted by Gasteiger charge is 2.53. The number of ether oxygens (including phenoxy) is 5. The molecule has 2 aromatic rings. The number of carbonyl (C=O) groups is 1. The molecule has 0 radical (unpaired) electrons. The summed E-state index contributed by atoms with van der Waals surface area (Å²) in [7, 11) is 7.51. The van der Waals surface area contributed by atoms with Crippen molar-refractivity contribution in [2.24, 2.45) is 52.8 Å². The minimum absolute atomic E-state index is 0.00846. The van der Waals surface area contributed by atoms with Crippen LogP contribution in [0, 0.1) is 76.4 Å². The fourth-order valence-corrected chi connectivity index (χ4v) is 16.7. The molecule has 1 spiro atoms. The van der Waals surface area contributed by atoms with E-state index in [0.29, 0.717) is 68.4 Å². The Morgan fingerprint density at radius 1 is 0.842 bits per heavy atom. The monoisotopic (exact) mass is 1090 g/mol. The van der Waals surface area contributed by atoms with Crippen molar-refractivity contribution in [2.75, 3.05) is 60.2 Å². The molecule has 1 amide bonds. The Hall–Kier alpha value is -3.59. The molecule has 2 aromatic carbocycles. The molecule has 420 valence electrons. The summed E-state index contributed by atoms with van der Waals surface area (Å²) in [6.07, 6.45) is 6.92. The maximum Gasteiger partial charge on any atom is 0.235 e. The Morgan fingerprint density at radius 2 is 1.63 bits per heavy atom. The second-order valence-corrected chi connectivity index (χ2v) is 25.2. The van der Waals surface area contributed by atoms with Crippen molar-refractivity contribution in [3.8, 4) is 52.4 Å². The number of rotatable bonds is 14. The zero-order valence-corrected chi connectivity index (χ0v) is 46.6. The number of nitrogens with one attached hydrogen (secondary N) is 2. The second-order valence-electron chi connectivity index (χ2n) is 22.6. The number of carbonyl (C=O) groups excluding carboxylic acids is 1. The number of amides is 1. The molecule has 76 heavy (non-hydrogen) atoms. The number of aliphatic hydroxyl groups excluding tert-OH is 5. The lowest BCUT2D eigenvalue weighted by Crippen LogP contribution is -2.50. The maximum absolute atomic E-state index is 13.5. The molecule has 6 aliphatic rings. The average molecular weight is 1090 g/mol. The number of aryl methyl sites for hydroxylation is 1. The van der Waals surface area contributed by atoms with E-state index in [0.717, 1.165) is 75.5 Å². The Morgan fingerprint density at radius 3 is 2.38 bits per heavy atom. The molecule has 3 aliphatic carbocycles. The van der Waals surface area contributed by atoms with Gasteiger partial charge >= 0.3 is 0 Å². The van der Waals surface area contributed by atoms with E-state index >= 15 is 0 Å². The SMILES string of the molecule is COCCC[C@@H]1NC(=O)[C@H]2C#CC[C@@H]3C#C[C@@]4(C[C@H](C)CC[C@@H]4CC[C@H](O)[C@H]12)[C@H]1C[C@@H](Oc2cc4c(cc2O)[C@H](CCO)SSC[C@H](O)[C@@H](Cc2cc(OC)c(O)c(OC)c2)[C@H](O)C[C@@H](OCO)CC4)CC[C@@H]1CNC3. The molecular weight excluding hydrogens is 1010 g/mol. The smallest absolute Gasteiger partial charge is 0.235 e. The molecule has 2 saturated carbocycles. The minimum Gasteiger partial charge on any atom is -0.504 e. The van der Waals surface area contributed by atoms with Gasteiger partial charge < -0.3 is 70.1 Å². The van der Waals surface area contributed by atoms with Crippen molar-refractivity contribution in [2.45, 2.75) is 151 Å². The Bertz CT molecular complexity index is 2350. The molecular formula is C59H84N2O13S2. The van der Waals surface area contributed by atoms with Crippen LogP contribution in [0.5, 0.6) is 28.7 Å². The first-order valence-corrected chi connectivity index (χ1v) is 30.3. The minimum atomic E-state index is -1.05. The largest absolute Gasteiger partial charge is 0.504 e. The van der Waals surface area contributed by atoms with E-state index in [1.54, 1.807) is 25.3 Å². The van der Waals surface area contributed by atoms with Crippen LogP contribution in [0.25, 0.3) is 0 Å². The summed E-state index contributed by atoms with van der Waals surface area (Å²) < 4.78 is 29.1. The van der Waals surface area contributed by atoms with Crippen LogP contribution in [0.3, 0.4) is 0 Å². The number of aliphatic hydroxyl groups is 5. The number of benzene rings is 2. The molecule has 0 aromatic heterocycles. The van der Waals surface area contributed by atoms with Crippen LogP contribution in [-0.4, -0.2) is 138 Å². The first kappa shape index (κ1) is 58.6. The van der Waals surface area contributed by atoms with Crippen molar-refractivity contribution < 1.29 is 64.2 Å². The highest BCUT2D eigenvalue weighted by atomic mass is 33.1. The fraction of sp³-hybridized carbons (Fsp3) is 0.712. The van der Waals surface area contributed by atoms with E-state index in [2.05, 4.69) is 41.2 Å². The lowest BCUT2D eigenvalue weighted by atomic mass is 9.51. The fourth-order valence-electron chi connectivity index (χ4n) is 13.8. The number of phenolic OH excluding ortho intramolecular Hbond substituents is 2. The van der Waals surface area contributed by atoms with Crippen molar-refractivity contribution >= 4 is 27.5 Å². The summed E-state index contributed by atoms with van der Waals surface area (Å²) in [6, 6.07) is 6.86. The molecule has 0 unspecified atom stereocenters. The van der Waals surface area contributed by atoms with Gasteiger partial charge in [-0.1, -0.05) is 52.7 Å². The highest BCUT2D eigenvalue weighted by molar-refractivity contribution is 8.76. The Kier molecular flexibility index (Phi) is 21.2. The van der Waals surface area contributed by atoms with Crippen molar-refractivity contribution in [3.05, 3.63) is 41.0 Å². The number of aromatic hydroxyl groups is 2. The number of hydrogen-bond acceptors (Lipinski definition) is 16. The number of fused-ring (bicyclic) bond motifs is 4. The van der Waals surface area contributed by atoms with Gasteiger partial charge in [-0.05, 0) is 161 Å². The second kappa shape index (κ2) is 27.5. The maximum atomic E-state index is 13.5. The van der Waals surface area contributed by atoms with E-state index in [1.807, 2.05) is 6.07 Å². The molecule has 3 heterocycles. The molecule has 1 saturated heterocycles. The summed E-state index contributed by atoms with van der Waals surface area (Å²) in [5, 5.41) is 85.7. The molecule has 15 nitrogen and oxygen atoms in total. The summed E-state index contributed by atoms with van der Waals surface area (Å²) in [5.41, 5.74) is 2.08. The van der Waals surface area contributed by atoms with Crippen molar-refractivity contribution in [1.82, 2.24) is 10.6 Å². The molecule has 3 fully saturated rings. The first-order valence-electron chi connectivity index (χ1n) is 27.9. The topological polar surface area (TPSA) is 229 Å². The van der Waals surface area contributed by atoms with Gasteiger partial charge in [0.25, 0.3) is 0 Å². The van der Waals surface area contributed by atoms with Gasteiger partial charge in [0.05, 0.1) is 44.7 Å². The molecule has 8 rings (SSSR count). The quantitative estimate of drug-likeness (QED) is 0.0416. The molecule has 9 N–H and O–H groups in total. The van der Waals surface area contributed by atoms with Gasteiger partial charge in [0.1, 0.15) is 12.7 Å². The summed E-state index contributed by atoms with van der Waals surface area (Å²) in [4.78, 5) is 13.5. The zero-order chi connectivity index (χ0) is 53.9. The van der Waals surface area contributed by atoms with Gasteiger partial charge in [-0.2, -0.15) is 0 Å². The van der Waals surface area contributed by atoms with Crippen LogP contribution in [0.2, 0.25) is 0 Å². The van der Waals surface area contributed by atoms with Gasteiger partial charge in [0, 0.05) is 73.5 Å². The van der Waals surface area contributed by atoms with Crippen LogP contribution in [-0.2, 0) is 27.1 Å². The number of hydrogen-bond donors (Lipinski definition) is 9. The molecule has 2 bridgehead atoms. The normalized spacial score (nSPS) is 35.1. The van der Waals surface area contributed by atoms with Crippen LogP contribution in [0.1, 0.15) is 119 Å². The highest BCUT2D eigenvalue weighted by Crippen LogP contribution is 2.57. The summed E-state index contributed by atoms with van der Waals surface area (Å²) in [5.74, 6) is 15.0. The zero-order valence-electron chi connectivity index (χ0n) is 44.9. The predicted octanol–water partition coefficient (Wildman–Crippen LogP) is 6.69. The van der Waals surface area contributed by atoms with E-state index in [9.17, 15) is 40.5 Å². The van der Waals surface area contributed by atoms with Gasteiger partial charge in [-0.3, -0.25) is 4.79 Å². The molecule has 17 heteroatoms. The van der Waals surface area contributed by atoms with Crippen LogP contribution in [0.15, 0.2) is 24.3 Å².